The Balaban J connectivity index is 2.55. The lowest BCUT2D eigenvalue weighted by atomic mass is 10.2. The molecule has 0 spiro atoms. The average molecular weight is 197 g/mol. The Labute approximate surface area is 82.9 Å². The van der Waals surface area contributed by atoms with Crippen LogP contribution in [0.2, 0.25) is 0 Å². The lowest BCUT2D eigenvalue weighted by Crippen LogP contribution is -2.54. The molecule has 14 heavy (non-hydrogen) atoms. The molecule has 1 rings (SSSR count). The number of rotatable bonds is 2. The van der Waals surface area contributed by atoms with E-state index in [9.17, 15) is 9.59 Å². The van der Waals surface area contributed by atoms with Crippen LogP contribution in [0.4, 0.5) is 0 Å². The molecule has 0 aromatic rings. The van der Waals surface area contributed by atoms with E-state index in [2.05, 4.69) is 5.32 Å². The average Bonchev–Trinajstić information content (AvgIpc) is 2.12. The quantitative estimate of drug-likeness (QED) is 0.549. The molecule has 1 unspecified atom stereocenters. The summed E-state index contributed by atoms with van der Waals surface area (Å²) in [6, 6.07) is 0.0199. The van der Waals surface area contributed by atoms with Gasteiger partial charge in [0.15, 0.2) is 0 Å². The van der Waals surface area contributed by atoms with Crippen molar-refractivity contribution >= 4 is 11.8 Å². The third-order valence-corrected chi connectivity index (χ3v) is 1.94. The zero-order chi connectivity index (χ0) is 10.6. The fourth-order valence-electron chi connectivity index (χ4n) is 1.38. The molecule has 0 bridgehead atoms. The van der Waals surface area contributed by atoms with E-state index in [0.29, 0.717) is 13.1 Å². The van der Waals surface area contributed by atoms with Gasteiger partial charge in [-0.05, 0) is 6.92 Å². The molecule has 1 saturated heterocycles. The van der Waals surface area contributed by atoms with E-state index in [1.54, 1.807) is 6.08 Å². The minimum atomic E-state index is -0.155. The van der Waals surface area contributed by atoms with Crippen LogP contribution in [0.1, 0.15) is 6.92 Å². The summed E-state index contributed by atoms with van der Waals surface area (Å²) >= 11 is 0. The second-order valence-corrected chi connectivity index (χ2v) is 3.33. The van der Waals surface area contributed by atoms with Crippen LogP contribution in [0.25, 0.3) is 0 Å². The van der Waals surface area contributed by atoms with Crippen molar-refractivity contribution in [1.82, 2.24) is 10.2 Å². The lowest BCUT2D eigenvalue weighted by molar-refractivity contribution is -0.135. The lowest BCUT2D eigenvalue weighted by Gasteiger charge is -2.30. The van der Waals surface area contributed by atoms with Crippen LogP contribution in [0.3, 0.4) is 0 Å². The van der Waals surface area contributed by atoms with Crippen LogP contribution in [-0.2, 0) is 9.59 Å². The van der Waals surface area contributed by atoms with Gasteiger partial charge in [0.25, 0.3) is 0 Å². The SMILES string of the molecule is CC1CN(C(=O)/C=C/CN)CC(=O)N1. The van der Waals surface area contributed by atoms with Crippen molar-refractivity contribution in [2.75, 3.05) is 19.6 Å². The normalized spacial score (nSPS) is 22.6. The maximum absolute atomic E-state index is 11.5. The first-order chi connectivity index (χ1) is 6.63. The van der Waals surface area contributed by atoms with Crippen molar-refractivity contribution in [3.05, 3.63) is 12.2 Å². The zero-order valence-electron chi connectivity index (χ0n) is 8.19. The van der Waals surface area contributed by atoms with Gasteiger partial charge in [0.2, 0.25) is 11.8 Å². The number of hydrogen-bond acceptors (Lipinski definition) is 3. The molecule has 0 radical (unpaired) electrons. The molecule has 0 aromatic carbocycles. The van der Waals surface area contributed by atoms with Crippen molar-refractivity contribution in [3.63, 3.8) is 0 Å². The molecule has 0 saturated carbocycles. The van der Waals surface area contributed by atoms with Crippen molar-refractivity contribution < 1.29 is 9.59 Å². The van der Waals surface area contributed by atoms with Gasteiger partial charge < -0.3 is 16.0 Å². The molecule has 1 fully saturated rings. The summed E-state index contributed by atoms with van der Waals surface area (Å²) < 4.78 is 0. The molecule has 2 amide bonds. The summed E-state index contributed by atoms with van der Waals surface area (Å²) in [5.74, 6) is -0.268. The van der Waals surface area contributed by atoms with Crippen LogP contribution in [-0.4, -0.2) is 42.4 Å². The first kappa shape index (κ1) is 10.7. The third-order valence-electron chi connectivity index (χ3n) is 1.94. The topological polar surface area (TPSA) is 75.4 Å². The monoisotopic (exact) mass is 197 g/mol. The van der Waals surface area contributed by atoms with Gasteiger partial charge in [0.05, 0.1) is 6.54 Å². The van der Waals surface area contributed by atoms with E-state index in [1.165, 1.54) is 11.0 Å². The van der Waals surface area contributed by atoms with E-state index in [-0.39, 0.29) is 24.4 Å². The summed E-state index contributed by atoms with van der Waals surface area (Å²) in [6.45, 7) is 2.89. The van der Waals surface area contributed by atoms with Gasteiger partial charge in [-0.3, -0.25) is 9.59 Å². The highest BCUT2D eigenvalue weighted by Crippen LogP contribution is 2.00. The Hall–Kier alpha value is -1.36. The summed E-state index contributed by atoms with van der Waals surface area (Å²) in [6.07, 6.45) is 2.99. The Bertz CT molecular complexity index is 263. The predicted molar refractivity (Wildman–Crippen MR) is 52.4 cm³/mol. The van der Waals surface area contributed by atoms with Crippen LogP contribution >= 0.6 is 0 Å². The van der Waals surface area contributed by atoms with Crippen LogP contribution < -0.4 is 11.1 Å². The predicted octanol–water partition coefficient (Wildman–Crippen LogP) is -1.15. The molecule has 3 N–H and O–H groups in total. The van der Waals surface area contributed by atoms with Gasteiger partial charge in [-0.1, -0.05) is 6.08 Å². The van der Waals surface area contributed by atoms with E-state index in [1.807, 2.05) is 6.92 Å². The maximum Gasteiger partial charge on any atom is 0.246 e. The van der Waals surface area contributed by atoms with Gasteiger partial charge in [-0.15, -0.1) is 0 Å². The number of carbonyl (C=O) groups is 2. The van der Waals surface area contributed by atoms with Crippen LogP contribution in [0.5, 0.6) is 0 Å². The van der Waals surface area contributed by atoms with E-state index in [0.717, 1.165) is 0 Å². The summed E-state index contributed by atoms with van der Waals surface area (Å²) in [7, 11) is 0. The Morgan fingerprint density at radius 2 is 2.50 bits per heavy atom. The third kappa shape index (κ3) is 2.85. The van der Waals surface area contributed by atoms with Gasteiger partial charge >= 0.3 is 0 Å². The molecule has 1 aliphatic heterocycles. The minimum absolute atomic E-state index is 0.0199. The Kier molecular flexibility index (Phi) is 3.64. The highest BCUT2D eigenvalue weighted by atomic mass is 16.2. The van der Waals surface area contributed by atoms with Gasteiger partial charge in [-0.2, -0.15) is 0 Å². The summed E-state index contributed by atoms with van der Waals surface area (Å²) in [5, 5.41) is 2.74. The van der Waals surface area contributed by atoms with Crippen molar-refractivity contribution in [2.45, 2.75) is 13.0 Å². The van der Waals surface area contributed by atoms with Crippen LogP contribution in [0, 0.1) is 0 Å². The van der Waals surface area contributed by atoms with E-state index in [4.69, 9.17) is 5.73 Å². The first-order valence-corrected chi connectivity index (χ1v) is 4.58. The van der Waals surface area contributed by atoms with E-state index >= 15 is 0 Å². The van der Waals surface area contributed by atoms with Crippen molar-refractivity contribution in [3.8, 4) is 0 Å². The van der Waals surface area contributed by atoms with Gasteiger partial charge in [-0.25, -0.2) is 0 Å². The number of nitrogens with one attached hydrogen (secondary N) is 1. The summed E-state index contributed by atoms with van der Waals surface area (Å²) in [4.78, 5) is 24.1. The largest absolute Gasteiger partial charge is 0.350 e. The Morgan fingerprint density at radius 3 is 3.07 bits per heavy atom. The van der Waals surface area contributed by atoms with Gasteiger partial charge in [0, 0.05) is 25.2 Å². The fourth-order valence-corrected chi connectivity index (χ4v) is 1.38. The van der Waals surface area contributed by atoms with Crippen LogP contribution in [0.15, 0.2) is 12.2 Å². The molecule has 5 nitrogen and oxygen atoms in total. The van der Waals surface area contributed by atoms with Gasteiger partial charge in [0.1, 0.15) is 0 Å². The molecule has 1 heterocycles. The molecular weight excluding hydrogens is 182 g/mol. The zero-order valence-corrected chi connectivity index (χ0v) is 8.19. The second-order valence-electron chi connectivity index (χ2n) is 3.33. The number of carbonyl (C=O) groups excluding carboxylic acids is 2. The molecule has 5 heteroatoms. The number of hydrogen-bond donors (Lipinski definition) is 2. The number of nitrogens with two attached hydrogens (primary N) is 1. The Morgan fingerprint density at radius 1 is 1.79 bits per heavy atom. The molecule has 78 valence electrons. The molecule has 0 aromatic heterocycles. The molecule has 1 atom stereocenters. The highest BCUT2D eigenvalue weighted by molar-refractivity contribution is 5.92. The molecule has 0 aliphatic carbocycles. The standard InChI is InChI=1S/C9H15N3O2/c1-7-5-12(6-8(13)11-7)9(14)3-2-4-10/h2-3,7H,4-6,10H2,1H3,(H,11,13)/b3-2+. The smallest absolute Gasteiger partial charge is 0.246 e. The maximum atomic E-state index is 11.5. The summed E-state index contributed by atoms with van der Waals surface area (Å²) in [5.41, 5.74) is 5.22. The van der Waals surface area contributed by atoms with Crippen molar-refractivity contribution in [1.29, 1.82) is 0 Å². The minimum Gasteiger partial charge on any atom is -0.350 e. The molecular formula is C9H15N3O2. The number of amides is 2. The molecule has 1 aliphatic rings. The van der Waals surface area contributed by atoms with Crippen molar-refractivity contribution in [2.24, 2.45) is 5.73 Å². The second kappa shape index (κ2) is 4.76. The fraction of sp³-hybridized carbons (Fsp3) is 0.556. The number of piperazine rings is 1. The highest BCUT2D eigenvalue weighted by Gasteiger charge is 2.23. The number of nitrogens with zero attached hydrogens (tertiary/aromatic N) is 1. The first-order valence-electron chi connectivity index (χ1n) is 4.58. The van der Waals surface area contributed by atoms with E-state index < -0.39 is 0 Å².